The number of aromatic nitrogens is 1. The highest BCUT2D eigenvalue weighted by Crippen LogP contribution is 2.40. The third kappa shape index (κ3) is 3.96. The van der Waals surface area contributed by atoms with Gasteiger partial charge in [0.05, 0.1) is 12.2 Å². The van der Waals surface area contributed by atoms with Gasteiger partial charge in [-0.05, 0) is 60.5 Å². The van der Waals surface area contributed by atoms with Crippen LogP contribution in [0.4, 0.5) is 21.6 Å². The summed E-state index contributed by atoms with van der Waals surface area (Å²) in [5.41, 5.74) is 4.68. The van der Waals surface area contributed by atoms with Crippen molar-refractivity contribution in [3.05, 3.63) is 82.8 Å². The Kier molecular flexibility index (Phi) is 5.61. The summed E-state index contributed by atoms with van der Waals surface area (Å²) in [6.07, 6.45) is -0.494. The summed E-state index contributed by atoms with van der Waals surface area (Å²) in [6.45, 7) is 2.17. The quantitative estimate of drug-likeness (QED) is 0.666. The van der Waals surface area contributed by atoms with Crippen LogP contribution in [0.25, 0.3) is 0 Å². The Bertz CT molecular complexity index is 1100. The predicted molar refractivity (Wildman–Crippen MR) is 119 cm³/mol. The van der Waals surface area contributed by atoms with Crippen LogP contribution in [-0.2, 0) is 11.3 Å². The second-order valence-electron chi connectivity index (χ2n) is 7.76. The van der Waals surface area contributed by atoms with Crippen LogP contribution in [0.2, 0.25) is 0 Å². The number of nitrogens with zero attached hydrogens (tertiary/aromatic N) is 3. The van der Waals surface area contributed by atoms with Crippen LogP contribution in [0.15, 0.2) is 54.6 Å². The lowest BCUT2D eigenvalue weighted by atomic mass is 10.0. The SMILES string of the molecule is COCc1cc(C)nc2c1C(=O)N[C@H](c1ccc(N(C)C)cc1)N2c1ccc(F)cc1. The number of rotatable bonds is 5. The van der Waals surface area contributed by atoms with E-state index in [0.29, 0.717) is 18.0 Å². The summed E-state index contributed by atoms with van der Waals surface area (Å²) < 4.78 is 19.0. The Labute approximate surface area is 181 Å². The highest BCUT2D eigenvalue weighted by molar-refractivity contribution is 6.03. The van der Waals surface area contributed by atoms with Gasteiger partial charge in [0.2, 0.25) is 0 Å². The van der Waals surface area contributed by atoms with Gasteiger partial charge in [0.15, 0.2) is 0 Å². The van der Waals surface area contributed by atoms with Gasteiger partial charge in [-0.2, -0.15) is 0 Å². The van der Waals surface area contributed by atoms with Gasteiger partial charge in [0.1, 0.15) is 17.8 Å². The molecule has 2 heterocycles. The van der Waals surface area contributed by atoms with Gasteiger partial charge in [0, 0.05) is 38.3 Å². The molecule has 0 unspecified atom stereocenters. The minimum absolute atomic E-state index is 0.213. The molecule has 6 nitrogen and oxygen atoms in total. The highest BCUT2D eigenvalue weighted by atomic mass is 19.1. The van der Waals surface area contributed by atoms with Gasteiger partial charge < -0.3 is 19.9 Å². The van der Waals surface area contributed by atoms with Gasteiger partial charge in [-0.25, -0.2) is 9.37 Å². The molecular formula is C24H25FN4O2. The lowest BCUT2D eigenvalue weighted by Crippen LogP contribution is -2.45. The van der Waals surface area contributed by atoms with Gasteiger partial charge in [-0.3, -0.25) is 4.79 Å². The first-order chi connectivity index (χ1) is 14.9. The van der Waals surface area contributed by atoms with Gasteiger partial charge in [-0.15, -0.1) is 0 Å². The fourth-order valence-corrected chi connectivity index (χ4v) is 3.86. The minimum Gasteiger partial charge on any atom is -0.380 e. The third-order valence-electron chi connectivity index (χ3n) is 5.32. The summed E-state index contributed by atoms with van der Waals surface area (Å²) in [5, 5.41) is 3.10. The Balaban J connectivity index is 1.90. The number of anilines is 3. The minimum atomic E-state index is -0.494. The van der Waals surface area contributed by atoms with Crippen molar-refractivity contribution in [1.29, 1.82) is 0 Å². The molecule has 0 saturated heterocycles. The first-order valence-corrected chi connectivity index (χ1v) is 10.0. The van der Waals surface area contributed by atoms with E-state index in [-0.39, 0.29) is 11.7 Å². The average Bonchev–Trinajstić information content (AvgIpc) is 2.74. The summed E-state index contributed by atoms with van der Waals surface area (Å²) >= 11 is 0. The highest BCUT2D eigenvalue weighted by Gasteiger charge is 2.36. The van der Waals surface area contributed by atoms with Crippen LogP contribution in [-0.4, -0.2) is 32.1 Å². The van der Waals surface area contributed by atoms with Crippen LogP contribution in [0.5, 0.6) is 0 Å². The zero-order valence-corrected chi connectivity index (χ0v) is 18.0. The van der Waals surface area contributed by atoms with Crippen molar-refractivity contribution in [1.82, 2.24) is 10.3 Å². The number of halogens is 1. The van der Waals surface area contributed by atoms with E-state index in [1.165, 1.54) is 12.1 Å². The molecule has 4 rings (SSSR count). The fraction of sp³-hybridized carbons (Fsp3) is 0.250. The van der Waals surface area contributed by atoms with Crippen LogP contribution < -0.4 is 15.1 Å². The van der Waals surface area contributed by atoms with Crippen LogP contribution >= 0.6 is 0 Å². The van der Waals surface area contributed by atoms with Crippen LogP contribution in [0.1, 0.15) is 33.3 Å². The van der Waals surface area contributed by atoms with Crippen molar-refractivity contribution in [3.63, 3.8) is 0 Å². The number of ether oxygens (including phenoxy) is 1. The first-order valence-electron chi connectivity index (χ1n) is 10.0. The van der Waals surface area contributed by atoms with E-state index >= 15 is 0 Å². The Morgan fingerprint density at radius 1 is 1.13 bits per heavy atom. The number of hydrogen-bond acceptors (Lipinski definition) is 5. The predicted octanol–water partition coefficient (Wildman–Crippen LogP) is 4.32. The number of methoxy groups -OCH3 is 1. The number of carbonyl (C=O) groups is 1. The molecular weight excluding hydrogens is 395 g/mol. The maximum Gasteiger partial charge on any atom is 0.257 e. The largest absolute Gasteiger partial charge is 0.380 e. The number of amides is 1. The molecule has 0 fully saturated rings. The zero-order valence-electron chi connectivity index (χ0n) is 18.0. The van der Waals surface area contributed by atoms with Crippen molar-refractivity contribution in [2.45, 2.75) is 19.7 Å². The molecule has 1 atom stereocenters. The summed E-state index contributed by atoms with van der Waals surface area (Å²) in [4.78, 5) is 21.8. The Morgan fingerprint density at radius 2 is 1.81 bits per heavy atom. The van der Waals surface area contributed by atoms with E-state index in [1.54, 1.807) is 19.2 Å². The number of aryl methyl sites for hydroxylation is 1. The van der Waals surface area contributed by atoms with Gasteiger partial charge in [-0.1, -0.05) is 12.1 Å². The molecule has 1 amide bonds. The molecule has 1 N–H and O–H groups in total. The number of fused-ring (bicyclic) bond motifs is 1. The van der Waals surface area contributed by atoms with Gasteiger partial charge >= 0.3 is 0 Å². The Morgan fingerprint density at radius 3 is 2.42 bits per heavy atom. The average molecular weight is 420 g/mol. The standard InChI is InChI=1S/C24H25FN4O2/c1-15-13-17(14-31-4)21-23(26-15)29(20-11-7-18(25)8-12-20)22(27-24(21)30)16-5-9-19(10-6-16)28(2)3/h5-13,22H,14H2,1-4H3,(H,27,30)/t22-/m0/s1. The molecule has 0 aliphatic carbocycles. The molecule has 0 spiro atoms. The number of benzene rings is 2. The fourth-order valence-electron chi connectivity index (χ4n) is 3.86. The molecule has 1 aliphatic rings. The number of nitrogens with one attached hydrogen (secondary N) is 1. The maximum absolute atomic E-state index is 13.7. The van der Waals surface area contributed by atoms with E-state index < -0.39 is 6.17 Å². The van der Waals surface area contributed by atoms with Crippen LogP contribution in [0.3, 0.4) is 0 Å². The topological polar surface area (TPSA) is 57.7 Å². The molecule has 160 valence electrons. The number of hydrogen-bond donors (Lipinski definition) is 1. The van der Waals surface area contributed by atoms with E-state index in [4.69, 9.17) is 9.72 Å². The number of pyridine rings is 1. The van der Waals surface area contributed by atoms with E-state index in [9.17, 15) is 9.18 Å². The van der Waals surface area contributed by atoms with Crippen molar-refractivity contribution in [2.24, 2.45) is 0 Å². The first kappa shape index (κ1) is 20.8. The molecule has 0 saturated carbocycles. The monoisotopic (exact) mass is 420 g/mol. The molecule has 1 aromatic heterocycles. The summed E-state index contributed by atoms with van der Waals surface area (Å²) in [6, 6.07) is 16.0. The second kappa shape index (κ2) is 8.35. The number of carbonyl (C=O) groups excluding carboxylic acids is 1. The maximum atomic E-state index is 13.7. The van der Waals surface area contributed by atoms with Crippen molar-refractivity contribution < 1.29 is 13.9 Å². The van der Waals surface area contributed by atoms with Crippen molar-refractivity contribution >= 4 is 23.1 Å². The van der Waals surface area contributed by atoms with Crippen molar-refractivity contribution in [3.8, 4) is 0 Å². The van der Waals surface area contributed by atoms with E-state index in [2.05, 4.69) is 5.32 Å². The molecule has 0 bridgehead atoms. The van der Waals surface area contributed by atoms with Crippen molar-refractivity contribution in [2.75, 3.05) is 31.0 Å². The van der Waals surface area contributed by atoms with Gasteiger partial charge in [0.25, 0.3) is 5.91 Å². The zero-order chi connectivity index (χ0) is 22.1. The molecule has 3 aromatic rings. The molecule has 7 heteroatoms. The summed E-state index contributed by atoms with van der Waals surface area (Å²) in [7, 11) is 5.54. The lowest BCUT2D eigenvalue weighted by Gasteiger charge is -2.39. The third-order valence-corrected chi connectivity index (χ3v) is 5.32. The molecule has 31 heavy (non-hydrogen) atoms. The summed E-state index contributed by atoms with van der Waals surface area (Å²) in [5.74, 6) is -0.00660. The van der Waals surface area contributed by atoms with E-state index in [1.807, 2.05) is 61.2 Å². The van der Waals surface area contributed by atoms with Crippen LogP contribution in [0, 0.1) is 12.7 Å². The molecule has 0 radical (unpaired) electrons. The van der Waals surface area contributed by atoms with E-state index in [0.717, 1.165) is 28.2 Å². The molecule has 1 aliphatic heterocycles. The second-order valence-corrected chi connectivity index (χ2v) is 7.76. The Hall–Kier alpha value is -3.45. The normalized spacial score (nSPS) is 15.5. The smallest absolute Gasteiger partial charge is 0.257 e. The molecule has 2 aromatic carbocycles. The lowest BCUT2D eigenvalue weighted by molar-refractivity contribution is 0.0923.